The third kappa shape index (κ3) is 3.63. The van der Waals surface area contributed by atoms with E-state index in [4.69, 9.17) is 9.15 Å². The number of aromatic amines is 1. The number of nitrogens with zero attached hydrogens (tertiary/aromatic N) is 2. The lowest BCUT2D eigenvalue weighted by atomic mass is 10.1. The van der Waals surface area contributed by atoms with E-state index in [9.17, 15) is 9.59 Å². The Labute approximate surface area is 152 Å². The van der Waals surface area contributed by atoms with Crippen molar-refractivity contribution in [3.05, 3.63) is 39.1 Å². The van der Waals surface area contributed by atoms with Gasteiger partial charge in [-0.15, -0.1) is 11.3 Å². The zero-order chi connectivity index (χ0) is 17.9. The fraction of sp³-hybridized carbons (Fsp3) is 0.353. The molecule has 1 aliphatic rings. The maximum absolute atomic E-state index is 12.0. The number of amides is 2. The van der Waals surface area contributed by atoms with Crippen molar-refractivity contribution in [3.8, 4) is 11.3 Å². The van der Waals surface area contributed by atoms with E-state index in [0.717, 1.165) is 16.3 Å². The van der Waals surface area contributed by atoms with Crippen LogP contribution in [0.25, 0.3) is 22.4 Å². The van der Waals surface area contributed by atoms with E-state index in [1.54, 1.807) is 28.4 Å². The number of hydrogen-bond acceptors (Lipinski definition) is 6. The normalized spacial score (nSPS) is 14.7. The molecule has 0 saturated carbocycles. The Balaban J connectivity index is 1.36. The molecule has 0 aliphatic carbocycles. The van der Waals surface area contributed by atoms with Crippen LogP contribution in [0, 0.1) is 0 Å². The molecule has 2 aromatic heterocycles. The lowest BCUT2D eigenvalue weighted by molar-refractivity contribution is 0.0533. The number of thiazole rings is 1. The van der Waals surface area contributed by atoms with Crippen LogP contribution >= 0.6 is 11.3 Å². The first kappa shape index (κ1) is 16.8. The number of urea groups is 1. The minimum atomic E-state index is -0.466. The van der Waals surface area contributed by atoms with Gasteiger partial charge in [-0.25, -0.2) is 14.6 Å². The predicted octanol–water partition coefficient (Wildman–Crippen LogP) is 1.83. The van der Waals surface area contributed by atoms with E-state index in [-0.39, 0.29) is 6.03 Å². The van der Waals surface area contributed by atoms with Crippen LogP contribution in [0.15, 0.2) is 32.8 Å². The Hall–Kier alpha value is -2.65. The number of oxazole rings is 1. The van der Waals surface area contributed by atoms with Gasteiger partial charge in [0.1, 0.15) is 0 Å². The molecule has 26 heavy (non-hydrogen) atoms. The molecule has 1 aliphatic heterocycles. The van der Waals surface area contributed by atoms with Gasteiger partial charge in [0.2, 0.25) is 0 Å². The van der Waals surface area contributed by atoms with Gasteiger partial charge in [0.05, 0.1) is 29.4 Å². The second-order valence-corrected chi connectivity index (χ2v) is 6.88. The molecule has 9 heteroatoms. The van der Waals surface area contributed by atoms with Crippen LogP contribution < -0.4 is 11.1 Å². The summed E-state index contributed by atoms with van der Waals surface area (Å²) in [5.74, 6) is -0.466. The summed E-state index contributed by atoms with van der Waals surface area (Å²) in [4.78, 5) is 32.3. The Kier molecular flexibility index (Phi) is 4.72. The molecule has 2 N–H and O–H groups in total. The van der Waals surface area contributed by atoms with Gasteiger partial charge in [0, 0.05) is 37.0 Å². The number of fused-ring (bicyclic) bond motifs is 1. The lowest BCUT2D eigenvalue weighted by Crippen LogP contribution is -2.46. The maximum Gasteiger partial charge on any atom is 0.417 e. The fourth-order valence-corrected chi connectivity index (χ4v) is 3.63. The predicted molar refractivity (Wildman–Crippen MR) is 97.4 cm³/mol. The van der Waals surface area contributed by atoms with Crippen LogP contribution in [-0.4, -0.2) is 53.7 Å². The first-order chi connectivity index (χ1) is 12.7. The zero-order valence-electron chi connectivity index (χ0n) is 14.0. The monoisotopic (exact) mass is 374 g/mol. The van der Waals surface area contributed by atoms with E-state index in [1.807, 2.05) is 11.4 Å². The Morgan fingerprint density at radius 2 is 2.19 bits per heavy atom. The van der Waals surface area contributed by atoms with E-state index < -0.39 is 5.76 Å². The summed E-state index contributed by atoms with van der Waals surface area (Å²) in [5, 5.41) is 5.83. The van der Waals surface area contributed by atoms with Crippen molar-refractivity contribution < 1.29 is 13.9 Å². The standard InChI is InChI=1S/C17H18N4O4S/c22-16(21-5-7-24-8-6-21)18-4-3-15-19-13(10-26-15)11-1-2-12-14(9-11)25-17(23)20-12/h1-2,9-10H,3-8H2,(H,18,22)(H,20,23). The summed E-state index contributed by atoms with van der Waals surface area (Å²) in [6.07, 6.45) is 0.669. The molecule has 3 aromatic rings. The quantitative estimate of drug-likeness (QED) is 0.726. The first-order valence-electron chi connectivity index (χ1n) is 8.37. The number of carbonyl (C=O) groups is 1. The zero-order valence-corrected chi connectivity index (χ0v) is 14.8. The average molecular weight is 374 g/mol. The van der Waals surface area contributed by atoms with Gasteiger partial charge < -0.3 is 19.4 Å². The summed E-state index contributed by atoms with van der Waals surface area (Å²) in [6, 6.07) is 5.44. The molecular weight excluding hydrogens is 356 g/mol. The smallest absolute Gasteiger partial charge is 0.408 e. The highest BCUT2D eigenvalue weighted by molar-refractivity contribution is 7.09. The largest absolute Gasteiger partial charge is 0.417 e. The van der Waals surface area contributed by atoms with Crippen LogP contribution in [0.2, 0.25) is 0 Å². The number of rotatable bonds is 4. The molecule has 3 heterocycles. The number of ether oxygens (including phenoxy) is 1. The molecule has 0 radical (unpaired) electrons. The molecule has 0 spiro atoms. The van der Waals surface area contributed by atoms with Gasteiger partial charge in [0.25, 0.3) is 0 Å². The van der Waals surface area contributed by atoms with Crippen molar-refractivity contribution in [2.45, 2.75) is 6.42 Å². The van der Waals surface area contributed by atoms with Gasteiger partial charge in [-0.1, -0.05) is 6.07 Å². The first-order valence-corrected chi connectivity index (χ1v) is 9.25. The van der Waals surface area contributed by atoms with E-state index in [2.05, 4.69) is 15.3 Å². The van der Waals surface area contributed by atoms with Crippen LogP contribution in [-0.2, 0) is 11.2 Å². The van der Waals surface area contributed by atoms with Crippen LogP contribution in [0.4, 0.5) is 4.79 Å². The van der Waals surface area contributed by atoms with Crippen molar-refractivity contribution in [1.29, 1.82) is 0 Å². The second kappa shape index (κ2) is 7.30. The van der Waals surface area contributed by atoms with Gasteiger partial charge in [-0.2, -0.15) is 0 Å². The average Bonchev–Trinajstić information content (AvgIpc) is 3.27. The second-order valence-electron chi connectivity index (χ2n) is 5.93. The van der Waals surface area contributed by atoms with Gasteiger partial charge >= 0.3 is 11.8 Å². The molecule has 1 saturated heterocycles. The summed E-state index contributed by atoms with van der Waals surface area (Å²) in [5.41, 5.74) is 2.90. The molecule has 0 atom stereocenters. The Morgan fingerprint density at radius 1 is 1.35 bits per heavy atom. The lowest BCUT2D eigenvalue weighted by Gasteiger charge is -2.26. The molecule has 0 bridgehead atoms. The number of carbonyl (C=O) groups excluding carboxylic acids is 1. The minimum Gasteiger partial charge on any atom is -0.408 e. The molecule has 8 nitrogen and oxygen atoms in total. The number of hydrogen-bond donors (Lipinski definition) is 2. The van der Waals surface area contributed by atoms with Crippen LogP contribution in [0.3, 0.4) is 0 Å². The van der Waals surface area contributed by atoms with E-state index >= 15 is 0 Å². The maximum atomic E-state index is 12.0. The molecule has 2 amide bonds. The molecule has 4 rings (SSSR count). The highest BCUT2D eigenvalue weighted by Crippen LogP contribution is 2.25. The van der Waals surface area contributed by atoms with E-state index in [1.165, 1.54) is 0 Å². The van der Waals surface area contributed by atoms with E-state index in [0.29, 0.717) is 50.4 Å². The molecule has 1 fully saturated rings. The van der Waals surface area contributed by atoms with Crippen molar-refractivity contribution in [3.63, 3.8) is 0 Å². The summed E-state index contributed by atoms with van der Waals surface area (Å²) in [7, 11) is 0. The van der Waals surface area contributed by atoms with Crippen molar-refractivity contribution >= 4 is 28.5 Å². The summed E-state index contributed by atoms with van der Waals surface area (Å²) < 4.78 is 10.3. The van der Waals surface area contributed by atoms with Crippen molar-refractivity contribution in [2.24, 2.45) is 0 Å². The molecular formula is C17H18N4O4S. The molecule has 0 unspecified atom stereocenters. The number of morpholine rings is 1. The summed E-state index contributed by atoms with van der Waals surface area (Å²) >= 11 is 1.55. The number of nitrogens with one attached hydrogen (secondary N) is 2. The number of benzene rings is 1. The fourth-order valence-electron chi connectivity index (χ4n) is 2.82. The Bertz CT molecular complexity index is 970. The van der Waals surface area contributed by atoms with Gasteiger partial charge in [-0.3, -0.25) is 4.98 Å². The molecule has 1 aromatic carbocycles. The number of H-pyrrole nitrogens is 1. The summed E-state index contributed by atoms with van der Waals surface area (Å²) in [6.45, 7) is 2.98. The highest BCUT2D eigenvalue weighted by atomic mass is 32.1. The topological polar surface area (TPSA) is 100 Å². The number of aromatic nitrogens is 2. The SMILES string of the molecule is O=C(NCCc1nc(-c2ccc3[nH]c(=O)oc3c2)cs1)N1CCOCC1. The van der Waals surface area contributed by atoms with Crippen molar-refractivity contribution in [2.75, 3.05) is 32.8 Å². The van der Waals surface area contributed by atoms with Crippen molar-refractivity contribution in [1.82, 2.24) is 20.2 Å². The van der Waals surface area contributed by atoms with Gasteiger partial charge in [0.15, 0.2) is 5.58 Å². The molecule has 136 valence electrons. The highest BCUT2D eigenvalue weighted by Gasteiger charge is 2.16. The minimum absolute atomic E-state index is 0.0574. The Morgan fingerprint density at radius 3 is 3.04 bits per heavy atom. The van der Waals surface area contributed by atoms with Crippen LogP contribution in [0.1, 0.15) is 5.01 Å². The third-order valence-electron chi connectivity index (χ3n) is 4.18. The van der Waals surface area contributed by atoms with Crippen LogP contribution in [0.5, 0.6) is 0 Å². The third-order valence-corrected chi connectivity index (χ3v) is 5.09. The van der Waals surface area contributed by atoms with Gasteiger partial charge in [-0.05, 0) is 12.1 Å².